The van der Waals surface area contributed by atoms with E-state index in [2.05, 4.69) is 5.32 Å². The molecule has 0 saturated heterocycles. The Hall–Kier alpha value is -3.22. The Kier molecular flexibility index (Phi) is 5.26. The van der Waals surface area contributed by atoms with Crippen LogP contribution in [0.5, 0.6) is 5.75 Å². The topological polar surface area (TPSA) is 98.5 Å². The molecule has 0 fully saturated rings. The van der Waals surface area contributed by atoms with E-state index in [-0.39, 0.29) is 17.2 Å². The first kappa shape index (κ1) is 17.1. The van der Waals surface area contributed by atoms with Crippen LogP contribution in [0.2, 0.25) is 0 Å². The van der Waals surface area contributed by atoms with Crippen molar-refractivity contribution in [1.29, 1.82) is 0 Å². The van der Waals surface area contributed by atoms with Crippen LogP contribution in [0.4, 0.5) is 11.4 Å². The number of carbonyl (C=O) groups excluding carboxylic acids is 2. The average molecular weight is 328 g/mol. The lowest BCUT2D eigenvalue weighted by molar-refractivity contribution is -0.383. The molecule has 24 heavy (non-hydrogen) atoms. The average Bonchev–Trinajstić information content (AvgIpc) is 2.55. The predicted octanol–water partition coefficient (Wildman–Crippen LogP) is 3.20. The first-order valence-corrected chi connectivity index (χ1v) is 7.20. The van der Waals surface area contributed by atoms with Crippen LogP contribution in [-0.2, 0) is 4.79 Å². The summed E-state index contributed by atoms with van der Waals surface area (Å²) in [7, 11) is 0. The molecule has 2 rings (SSSR count). The van der Waals surface area contributed by atoms with Gasteiger partial charge in [0.25, 0.3) is 11.6 Å². The Balaban J connectivity index is 2.09. The Morgan fingerprint density at radius 3 is 2.54 bits per heavy atom. The van der Waals surface area contributed by atoms with Gasteiger partial charge < -0.3 is 10.1 Å². The van der Waals surface area contributed by atoms with E-state index in [1.54, 1.807) is 24.3 Å². The van der Waals surface area contributed by atoms with Crippen molar-refractivity contribution in [2.45, 2.75) is 20.0 Å². The molecule has 0 radical (unpaired) electrons. The van der Waals surface area contributed by atoms with Gasteiger partial charge in [0, 0.05) is 11.6 Å². The third-order valence-corrected chi connectivity index (χ3v) is 3.28. The summed E-state index contributed by atoms with van der Waals surface area (Å²) >= 11 is 0. The van der Waals surface area contributed by atoms with Crippen molar-refractivity contribution < 1.29 is 19.2 Å². The zero-order valence-corrected chi connectivity index (χ0v) is 13.2. The van der Waals surface area contributed by atoms with Gasteiger partial charge in [0.1, 0.15) is 11.4 Å². The van der Waals surface area contributed by atoms with E-state index in [1.165, 1.54) is 38.1 Å². The number of para-hydroxylation sites is 2. The summed E-state index contributed by atoms with van der Waals surface area (Å²) in [5.41, 5.74) is 0.371. The maximum atomic E-state index is 12.2. The molecule has 0 heterocycles. The van der Waals surface area contributed by atoms with Gasteiger partial charge in [-0.2, -0.15) is 0 Å². The first-order valence-electron chi connectivity index (χ1n) is 7.20. The van der Waals surface area contributed by atoms with Crippen molar-refractivity contribution in [3.63, 3.8) is 0 Å². The van der Waals surface area contributed by atoms with Crippen molar-refractivity contribution in [2.75, 3.05) is 5.32 Å². The monoisotopic (exact) mass is 328 g/mol. The number of rotatable bonds is 6. The van der Waals surface area contributed by atoms with Crippen molar-refractivity contribution in [3.05, 3.63) is 64.2 Å². The number of nitro benzene ring substituents is 1. The second kappa shape index (κ2) is 7.36. The summed E-state index contributed by atoms with van der Waals surface area (Å²) in [6, 6.07) is 12.3. The smallest absolute Gasteiger partial charge is 0.292 e. The molecule has 2 aromatic carbocycles. The van der Waals surface area contributed by atoms with E-state index in [4.69, 9.17) is 4.74 Å². The third-order valence-electron chi connectivity index (χ3n) is 3.28. The van der Waals surface area contributed by atoms with Gasteiger partial charge in [0.15, 0.2) is 11.9 Å². The van der Waals surface area contributed by atoms with E-state index in [0.717, 1.165) is 0 Å². The van der Waals surface area contributed by atoms with E-state index >= 15 is 0 Å². The molecule has 0 bridgehead atoms. The second-order valence-electron chi connectivity index (χ2n) is 5.11. The van der Waals surface area contributed by atoms with E-state index in [1.807, 2.05) is 0 Å². The molecule has 0 unspecified atom stereocenters. The highest BCUT2D eigenvalue weighted by Crippen LogP contribution is 2.23. The molecule has 0 aliphatic rings. The lowest BCUT2D eigenvalue weighted by atomic mass is 10.1. The van der Waals surface area contributed by atoms with Crippen LogP contribution in [-0.4, -0.2) is 22.7 Å². The summed E-state index contributed by atoms with van der Waals surface area (Å²) in [6.45, 7) is 2.95. The van der Waals surface area contributed by atoms with Crippen LogP contribution < -0.4 is 10.1 Å². The molecule has 124 valence electrons. The van der Waals surface area contributed by atoms with Crippen LogP contribution >= 0.6 is 0 Å². The van der Waals surface area contributed by atoms with Gasteiger partial charge >= 0.3 is 0 Å². The molecule has 1 atom stereocenters. The molecule has 2 aromatic rings. The molecule has 0 aromatic heterocycles. The van der Waals surface area contributed by atoms with Crippen LogP contribution in [0.3, 0.4) is 0 Å². The van der Waals surface area contributed by atoms with E-state index in [9.17, 15) is 19.7 Å². The molecule has 1 amide bonds. The summed E-state index contributed by atoms with van der Waals surface area (Å²) in [4.78, 5) is 33.9. The van der Waals surface area contributed by atoms with Crippen molar-refractivity contribution in [1.82, 2.24) is 0 Å². The number of ketones is 1. The minimum absolute atomic E-state index is 0.0976. The molecule has 0 aliphatic carbocycles. The highest BCUT2D eigenvalue weighted by atomic mass is 16.6. The fourth-order valence-corrected chi connectivity index (χ4v) is 2.02. The molecular formula is C17H16N2O5. The quantitative estimate of drug-likeness (QED) is 0.499. The minimum Gasteiger partial charge on any atom is -0.481 e. The number of nitrogens with zero attached hydrogens (tertiary/aromatic N) is 1. The van der Waals surface area contributed by atoms with Crippen molar-refractivity contribution >= 4 is 23.1 Å². The van der Waals surface area contributed by atoms with Gasteiger partial charge in [-0.3, -0.25) is 19.7 Å². The Morgan fingerprint density at radius 1 is 1.17 bits per heavy atom. The SMILES string of the molecule is CC(=O)c1cccc(O[C@@H](C)C(=O)Nc2ccccc2[N+](=O)[O-])c1. The lowest BCUT2D eigenvalue weighted by Gasteiger charge is -2.15. The molecule has 0 spiro atoms. The van der Waals surface area contributed by atoms with Crippen LogP contribution in [0.15, 0.2) is 48.5 Å². The second-order valence-corrected chi connectivity index (χ2v) is 5.11. The maximum absolute atomic E-state index is 12.2. The highest BCUT2D eigenvalue weighted by Gasteiger charge is 2.20. The molecule has 1 N–H and O–H groups in total. The van der Waals surface area contributed by atoms with Gasteiger partial charge in [0.05, 0.1) is 4.92 Å². The van der Waals surface area contributed by atoms with E-state index in [0.29, 0.717) is 11.3 Å². The lowest BCUT2D eigenvalue weighted by Crippen LogP contribution is -2.30. The normalized spacial score (nSPS) is 11.4. The molecule has 7 nitrogen and oxygen atoms in total. The Morgan fingerprint density at radius 2 is 1.88 bits per heavy atom. The summed E-state index contributed by atoms with van der Waals surface area (Å²) in [6.07, 6.45) is -0.896. The molecule has 7 heteroatoms. The Labute approximate surface area is 138 Å². The number of anilines is 1. The van der Waals surface area contributed by atoms with Crippen LogP contribution in [0.25, 0.3) is 0 Å². The molecule has 0 aliphatic heterocycles. The number of hydrogen-bond acceptors (Lipinski definition) is 5. The molecule has 0 saturated carbocycles. The largest absolute Gasteiger partial charge is 0.481 e. The maximum Gasteiger partial charge on any atom is 0.292 e. The zero-order chi connectivity index (χ0) is 17.7. The number of carbonyl (C=O) groups is 2. The van der Waals surface area contributed by atoms with Crippen molar-refractivity contribution in [3.8, 4) is 5.75 Å². The van der Waals surface area contributed by atoms with Gasteiger partial charge in [-0.05, 0) is 32.0 Å². The van der Waals surface area contributed by atoms with Gasteiger partial charge in [-0.15, -0.1) is 0 Å². The van der Waals surface area contributed by atoms with Gasteiger partial charge in [-0.25, -0.2) is 0 Å². The number of amides is 1. The fourth-order valence-electron chi connectivity index (χ4n) is 2.02. The number of ether oxygens (including phenoxy) is 1. The summed E-state index contributed by atoms with van der Waals surface area (Å²) in [5, 5.41) is 13.4. The third kappa shape index (κ3) is 4.16. The van der Waals surface area contributed by atoms with Crippen LogP contribution in [0, 0.1) is 10.1 Å². The summed E-state index contributed by atoms with van der Waals surface area (Å²) in [5.74, 6) is -0.275. The summed E-state index contributed by atoms with van der Waals surface area (Å²) < 4.78 is 5.51. The van der Waals surface area contributed by atoms with E-state index < -0.39 is 16.9 Å². The number of hydrogen-bond donors (Lipinski definition) is 1. The fraction of sp³-hybridized carbons (Fsp3) is 0.176. The molecular weight excluding hydrogens is 312 g/mol. The first-order chi connectivity index (χ1) is 11.4. The predicted molar refractivity (Wildman–Crippen MR) is 88.3 cm³/mol. The van der Waals surface area contributed by atoms with Crippen molar-refractivity contribution in [2.24, 2.45) is 0 Å². The van der Waals surface area contributed by atoms with Crippen LogP contribution in [0.1, 0.15) is 24.2 Å². The highest BCUT2D eigenvalue weighted by molar-refractivity contribution is 5.96. The number of benzene rings is 2. The minimum atomic E-state index is -0.896. The van der Waals surface area contributed by atoms with Gasteiger partial charge in [-0.1, -0.05) is 24.3 Å². The number of nitro groups is 1. The number of Topliss-reactive ketones (excluding diaryl/α,β-unsaturated/α-hetero) is 1. The van der Waals surface area contributed by atoms with Gasteiger partial charge in [0.2, 0.25) is 0 Å². The zero-order valence-electron chi connectivity index (χ0n) is 13.2. The standard InChI is InChI=1S/C17H16N2O5/c1-11(20)13-6-5-7-14(10-13)24-12(2)17(21)18-15-8-3-4-9-16(15)19(22)23/h3-10,12H,1-2H3,(H,18,21)/t12-/m0/s1. The Bertz CT molecular complexity index is 788. The number of nitrogens with one attached hydrogen (secondary N) is 1.